The number of amides is 1. The number of H-pyrrole nitrogens is 2. The van der Waals surface area contributed by atoms with Crippen LogP contribution in [-0.4, -0.2) is 41.8 Å². The van der Waals surface area contributed by atoms with Gasteiger partial charge < -0.3 is 10.3 Å². The maximum Gasteiger partial charge on any atom is 0.229 e. The Morgan fingerprint density at radius 2 is 1.79 bits per heavy atom. The van der Waals surface area contributed by atoms with Gasteiger partial charge in [0.25, 0.3) is 0 Å². The van der Waals surface area contributed by atoms with E-state index < -0.39 is 5.41 Å². The molecule has 0 aliphatic rings. The first kappa shape index (κ1) is 24.6. The van der Waals surface area contributed by atoms with Crippen LogP contribution in [0, 0.1) is 5.41 Å². The van der Waals surface area contributed by atoms with Crippen LogP contribution in [0.15, 0.2) is 61.1 Å². The molecular formula is C29H25N7O2S. The third kappa shape index (κ3) is 4.59. The highest BCUT2D eigenvalue weighted by Gasteiger charge is 2.22. The second-order valence-electron chi connectivity index (χ2n) is 10.4. The van der Waals surface area contributed by atoms with Crippen LogP contribution in [0.2, 0.25) is 0 Å². The summed E-state index contributed by atoms with van der Waals surface area (Å²) in [6.45, 7) is 7.17. The summed E-state index contributed by atoms with van der Waals surface area (Å²) in [4.78, 5) is 43.0. The predicted octanol–water partition coefficient (Wildman–Crippen LogP) is 6.48. The van der Waals surface area contributed by atoms with Crippen LogP contribution < -0.4 is 5.32 Å². The minimum Gasteiger partial charge on any atom is -0.336 e. The molecule has 0 bridgehead atoms. The van der Waals surface area contributed by atoms with E-state index in [9.17, 15) is 9.59 Å². The summed E-state index contributed by atoms with van der Waals surface area (Å²) < 4.78 is 0. The molecule has 5 aromatic heterocycles. The van der Waals surface area contributed by atoms with E-state index >= 15 is 0 Å². The SMILES string of the molecule is CC(=O)c1ccc(-c2nccc3[nH]c(-c4n[nH]c5ccc(-c6cncc(NC(=O)C(C)(C)C)c6)cc45)nc23)s1. The smallest absolute Gasteiger partial charge is 0.229 e. The zero-order valence-electron chi connectivity index (χ0n) is 21.8. The Morgan fingerprint density at radius 3 is 2.56 bits per heavy atom. The first-order valence-corrected chi connectivity index (χ1v) is 13.2. The molecule has 6 aromatic rings. The van der Waals surface area contributed by atoms with Gasteiger partial charge in [-0.2, -0.15) is 5.10 Å². The van der Waals surface area contributed by atoms with Crippen molar-refractivity contribution in [1.82, 2.24) is 30.1 Å². The summed E-state index contributed by atoms with van der Waals surface area (Å²) in [5.74, 6) is 0.556. The lowest BCUT2D eigenvalue weighted by Crippen LogP contribution is -2.27. The molecule has 3 N–H and O–H groups in total. The van der Waals surface area contributed by atoms with E-state index in [2.05, 4.69) is 30.5 Å². The molecule has 0 aliphatic heterocycles. The number of aromatic nitrogens is 6. The maximum atomic E-state index is 12.5. The highest BCUT2D eigenvalue weighted by molar-refractivity contribution is 7.17. The number of hydrogen-bond donors (Lipinski definition) is 3. The van der Waals surface area contributed by atoms with Gasteiger partial charge in [0.05, 0.1) is 32.7 Å². The number of nitrogens with zero attached hydrogens (tertiary/aromatic N) is 4. The quantitative estimate of drug-likeness (QED) is 0.217. The van der Waals surface area contributed by atoms with Gasteiger partial charge in [0.1, 0.15) is 16.9 Å². The van der Waals surface area contributed by atoms with Crippen molar-refractivity contribution in [3.8, 4) is 33.2 Å². The molecule has 10 heteroatoms. The zero-order chi connectivity index (χ0) is 27.3. The molecule has 1 aromatic carbocycles. The standard InChI is InChI=1S/C29H25N7O2S/c1-15(37)22-7-8-23(39-22)26-25-21(9-10-31-26)33-27(34-25)24-19-12-16(5-6-20(19)35-36-24)17-11-18(14-30-13-17)32-28(38)29(2,3)4/h5-14H,1-4H3,(H,32,38)(H,33,34)(H,35,36). The molecule has 0 spiro atoms. The number of anilines is 1. The number of nitrogens with one attached hydrogen (secondary N) is 3. The van der Waals surface area contributed by atoms with E-state index in [1.807, 2.05) is 63.2 Å². The number of rotatable bonds is 5. The van der Waals surface area contributed by atoms with Crippen molar-refractivity contribution in [2.75, 3.05) is 5.32 Å². The van der Waals surface area contributed by atoms with Crippen molar-refractivity contribution in [2.24, 2.45) is 5.41 Å². The molecule has 0 saturated carbocycles. The van der Waals surface area contributed by atoms with Crippen LogP contribution in [0.3, 0.4) is 0 Å². The minimum absolute atomic E-state index is 0.0252. The Bertz CT molecular complexity index is 1890. The Labute approximate surface area is 227 Å². The van der Waals surface area contributed by atoms with Gasteiger partial charge in [-0.25, -0.2) is 4.98 Å². The lowest BCUT2D eigenvalue weighted by molar-refractivity contribution is -0.123. The normalized spacial score (nSPS) is 11.8. The molecule has 6 rings (SSSR count). The van der Waals surface area contributed by atoms with Crippen molar-refractivity contribution in [2.45, 2.75) is 27.7 Å². The Hall–Kier alpha value is -4.70. The Kier molecular flexibility index (Phi) is 5.84. The molecule has 39 heavy (non-hydrogen) atoms. The van der Waals surface area contributed by atoms with Gasteiger partial charge in [-0.3, -0.25) is 24.7 Å². The summed E-state index contributed by atoms with van der Waals surface area (Å²) >= 11 is 1.40. The summed E-state index contributed by atoms with van der Waals surface area (Å²) in [7, 11) is 0. The minimum atomic E-state index is -0.512. The molecule has 1 amide bonds. The molecule has 5 heterocycles. The van der Waals surface area contributed by atoms with E-state index in [-0.39, 0.29) is 11.7 Å². The maximum absolute atomic E-state index is 12.5. The summed E-state index contributed by atoms with van der Waals surface area (Å²) in [6.07, 6.45) is 5.14. The Balaban J connectivity index is 1.39. The molecular weight excluding hydrogens is 510 g/mol. The average molecular weight is 536 g/mol. The van der Waals surface area contributed by atoms with E-state index in [4.69, 9.17) is 4.98 Å². The number of hydrogen-bond acceptors (Lipinski definition) is 7. The van der Waals surface area contributed by atoms with Crippen LogP contribution in [0.25, 0.3) is 55.2 Å². The molecule has 0 radical (unpaired) electrons. The van der Waals surface area contributed by atoms with Crippen molar-refractivity contribution in [1.29, 1.82) is 0 Å². The second kappa shape index (κ2) is 9.25. The number of carbonyl (C=O) groups excluding carboxylic acids is 2. The second-order valence-corrected chi connectivity index (χ2v) is 11.4. The monoisotopic (exact) mass is 535 g/mol. The number of carbonyl (C=O) groups is 2. The van der Waals surface area contributed by atoms with E-state index in [0.717, 1.165) is 32.4 Å². The van der Waals surface area contributed by atoms with Gasteiger partial charge in [0, 0.05) is 28.8 Å². The highest BCUT2D eigenvalue weighted by Crippen LogP contribution is 2.35. The zero-order valence-corrected chi connectivity index (χ0v) is 22.6. The number of fused-ring (bicyclic) bond motifs is 2. The van der Waals surface area contributed by atoms with Gasteiger partial charge in [0.2, 0.25) is 5.91 Å². The highest BCUT2D eigenvalue weighted by atomic mass is 32.1. The van der Waals surface area contributed by atoms with Crippen molar-refractivity contribution < 1.29 is 9.59 Å². The molecule has 194 valence electrons. The lowest BCUT2D eigenvalue weighted by Gasteiger charge is -2.17. The topological polar surface area (TPSA) is 129 Å². The van der Waals surface area contributed by atoms with Crippen molar-refractivity contribution in [3.05, 3.63) is 65.9 Å². The van der Waals surface area contributed by atoms with Gasteiger partial charge in [0.15, 0.2) is 11.6 Å². The van der Waals surface area contributed by atoms with Gasteiger partial charge in [-0.15, -0.1) is 11.3 Å². The third-order valence-corrected chi connectivity index (χ3v) is 7.58. The number of ketones is 1. The summed E-state index contributed by atoms with van der Waals surface area (Å²) in [5, 5.41) is 11.5. The molecule has 0 fully saturated rings. The van der Waals surface area contributed by atoms with Crippen LogP contribution in [-0.2, 0) is 4.79 Å². The number of pyridine rings is 2. The van der Waals surface area contributed by atoms with Crippen LogP contribution in [0.5, 0.6) is 0 Å². The van der Waals surface area contributed by atoms with Crippen LogP contribution in [0.4, 0.5) is 5.69 Å². The fourth-order valence-corrected chi connectivity index (χ4v) is 5.14. The van der Waals surface area contributed by atoms with Crippen LogP contribution >= 0.6 is 11.3 Å². The summed E-state index contributed by atoms with van der Waals surface area (Å²) in [6, 6.07) is 13.5. The largest absolute Gasteiger partial charge is 0.336 e. The Morgan fingerprint density at radius 1 is 0.949 bits per heavy atom. The van der Waals surface area contributed by atoms with E-state index in [0.29, 0.717) is 33.3 Å². The first-order chi connectivity index (χ1) is 18.7. The fourth-order valence-electron chi connectivity index (χ4n) is 4.24. The molecule has 0 saturated heterocycles. The summed E-state index contributed by atoms with van der Waals surface area (Å²) in [5.41, 5.74) is 5.71. The van der Waals surface area contributed by atoms with Gasteiger partial charge in [-0.05, 0) is 48.9 Å². The van der Waals surface area contributed by atoms with Crippen LogP contribution in [0.1, 0.15) is 37.4 Å². The molecule has 0 unspecified atom stereocenters. The number of aromatic amines is 2. The number of imidazole rings is 1. The lowest BCUT2D eigenvalue weighted by atomic mass is 9.95. The third-order valence-electron chi connectivity index (χ3n) is 6.39. The van der Waals surface area contributed by atoms with E-state index in [1.54, 1.807) is 25.5 Å². The fraction of sp³-hybridized carbons (Fsp3) is 0.172. The number of thiophene rings is 1. The molecule has 0 atom stereocenters. The number of benzene rings is 1. The van der Waals surface area contributed by atoms with Crippen molar-refractivity contribution >= 4 is 50.7 Å². The predicted molar refractivity (Wildman–Crippen MR) is 154 cm³/mol. The molecule has 0 aliphatic carbocycles. The first-order valence-electron chi connectivity index (χ1n) is 12.4. The van der Waals surface area contributed by atoms with Gasteiger partial charge >= 0.3 is 0 Å². The average Bonchev–Trinajstić information content (AvgIpc) is 3.65. The van der Waals surface area contributed by atoms with E-state index in [1.165, 1.54) is 11.3 Å². The number of Topliss-reactive ketones (excluding diaryl/α,β-unsaturated/α-hetero) is 1. The van der Waals surface area contributed by atoms with Crippen molar-refractivity contribution in [3.63, 3.8) is 0 Å². The molecule has 9 nitrogen and oxygen atoms in total. The van der Waals surface area contributed by atoms with Gasteiger partial charge in [-0.1, -0.05) is 26.8 Å².